The lowest BCUT2D eigenvalue weighted by Gasteiger charge is -2.04. The fraction of sp³-hybridized carbons (Fsp3) is 0.0667. The lowest BCUT2D eigenvalue weighted by Crippen LogP contribution is -2.14. The van der Waals surface area contributed by atoms with Gasteiger partial charge in [-0.1, -0.05) is 41.9 Å². The van der Waals surface area contributed by atoms with Crippen molar-refractivity contribution in [3.8, 4) is 0 Å². The number of carbonyl (C=O) groups is 2. The Bertz CT molecular complexity index is 576. The predicted octanol–water partition coefficient (Wildman–Crippen LogP) is 3.38. The topological polar surface area (TPSA) is 43.4 Å². The van der Waals surface area contributed by atoms with E-state index in [-0.39, 0.29) is 12.4 Å². The zero-order valence-corrected chi connectivity index (χ0v) is 10.8. The summed E-state index contributed by atoms with van der Waals surface area (Å²) in [6, 6.07) is 15.0. The van der Waals surface area contributed by atoms with Crippen molar-refractivity contribution < 1.29 is 14.3 Å². The van der Waals surface area contributed by atoms with Crippen LogP contribution in [0.3, 0.4) is 0 Å². The Hall–Kier alpha value is -2.13. The average Bonchev–Trinajstić information content (AvgIpc) is 2.46. The van der Waals surface area contributed by atoms with Crippen LogP contribution >= 0.6 is 11.6 Å². The average molecular weight is 275 g/mol. The summed E-state index contributed by atoms with van der Waals surface area (Å²) in [7, 11) is 0. The first-order valence-electron chi connectivity index (χ1n) is 5.68. The Labute approximate surface area is 115 Å². The molecule has 4 heteroatoms. The smallest absolute Gasteiger partial charge is 0.338 e. The number of ketones is 1. The molecular formula is C15H11ClO3. The minimum absolute atomic E-state index is 0.233. The van der Waals surface area contributed by atoms with E-state index in [1.807, 2.05) is 6.07 Å². The maximum atomic E-state index is 11.7. The number of halogens is 1. The van der Waals surface area contributed by atoms with Crippen molar-refractivity contribution in [1.29, 1.82) is 0 Å². The molecule has 0 radical (unpaired) electrons. The van der Waals surface area contributed by atoms with Gasteiger partial charge in [-0.05, 0) is 24.3 Å². The highest BCUT2D eigenvalue weighted by Gasteiger charge is 2.11. The first-order chi connectivity index (χ1) is 9.16. The van der Waals surface area contributed by atoms with Crippen LogP contribution in [-0.4, -0.2) is 18.4 Å². The highest BCUT2D eigenvalue weighted by Crippen LogP contribution is 2.10. The molecule has 3 nitrogen and oxygen atoms in total. The maximum absolute atomic E-state index is 11.7. The second-order valence-corrected chi connectivity index (χ2v) is 4.31. The third kappa shape index (κ3) is 3.66. The van der Waals surface area contributed by atoms with Gasteiger partial charge in [-0.15, -0.1) is 0 Å². The predicted molar refractivity (Wildman–Crippen MR) is 72.5 cm³/mol. The van der Waals surface area contributed by atoms with E-state index in [9.17, 15) is 9.59 Å². The third-order valence-electron chi connectivity index (χ3n) is 2.51. The van der Waals surface area contributed by atoms with Crippen LogP contribution in [0.5, 0.6) is 0 Å². The van der Waals surface area contributed by atoms with Gasteiger partial charge in [-0.3, -0.25) is 4.79 Å². The summed E-state index contributed by atoms with van der Waals surface area (Å²) in [6.07, 6.45) is 0. The highest BCUT2D eigenvalue weighted by molar-refractivity contribution is 6.30. The first-order valence-corrected chi connectivity index (χ1v) is 6.05. The van der Waals surface area contributed by atoms with E-state index in [0.29, 0.717) is 16.1 Å². The molecule has 0 aliphatic rings. The summed E-state index contributed by atoms with van der Waals surface area (Å²) < 4.78 is 4.95. The Balaban J connectivity index is 1.94. The lowest BCUT2D eigenvalue weighted by molar-refractivity contribution is 0.0475. The molecule has 0 unspecified atom stereocenters. The fourth-order valence-electron chi connectivity index (χ4n) is 1.51. The van der Waals surface area contributed by atoms with E-state index in [2.05, 4.69) is 0 Å². The fourth-order valence-corrected chi connectivity index (χ4v) is 1.63. The molecule has 0 aromatic heterocycles. The van der Waals surface area contributed by atoms with Gasteiger partial charge in [-0.2, -0.15) is 0 Å². The molecule has 0 aliphatic heterocycles. The summed E-state index contributed by atoms with van der Waals surface area (Å²) in [4.78, 5) is 23.4. The molecule has 0 aliphatic carbocycles. The van der Waals surface area contributed by atoms with Gasteiger partial charge in [0.1, 0.15) is 0 Å². The van der Waals surface area contributed by atoms with Crippen molar-refractivity contribution in [2.75, 3.05) is 6.61 Å². The summed E-state index contributed by atoms with van der Waals surface area (Å²) in [5.74, 6) is -0.774. The Morgan fingerprint density at radius 2 is 1.53 bits per heavy atom. The van der Waals surface area contributed by atoms with Crippen LogP contribution in [0.15, 0.2) is 54.6 Å². The minimum Gasteiger partial charge on any atom is -0.454 e. The maximum Gasteiger partial charge on any atom is 0.338 e. The van der Waals surface area contributed by atoms with E-state index >= 15 is 0 Å². The zero-order valence-electron chi connectivity index (χ0n) is 10.0. The number of carbonyl (C=O) groups excluding carboxylic acids is 2. The molecule has 96 valence electrons. The summed E-state index contributed by atoms with van der Waals surface area (Å²) in [5.41, 5.74) is 0.886. The molecule has 0 saturated carbocycles. The van der Waals surface area contributed by atoms with Crippen molar-refractivity contribution >= 4 is 23.4 Å². The second kappa shape index (κ2) is 6.16. The lowest BCUT2D eigenvalue weighted by atomic mass is 10.1. The van der Waals surface area contributed by atoms with E-state index in [1.165, 1.54) is 0 Å². The van der Waals surface area contributed by atoms with Gasteiger partial charge in [0.05, 0.1) is 5.56 Å². The van der Waals surface area contributed by atoms with E-state index in [4.69, 9.17) is 16.3 Å². The van der Waals surface area contributed by atoms with Crippen LogP contribution in [-0.2, 0) is 4.74 Å². The number of Topliss-reactive ketones (excluding diaryl/α,β-unsaturated/α-hetero) is 1. The van der Waals surface area contributed by atoms with Crippen LogP contribution in [0, 0.1) is 0 Å². The molecule has 0 saturated heterocycles. The van der Waals surface area contributed by atoms with Gasteiger partial charge in [-0.25, -0.2) is 4.79 Å². The summed E-state index contributed by atoms with van der Waals surface area (Å²) >= 11 is 5.72. The second-order valence-electron chi connectivity index (χ2n) is 3.87. The number of hydrogen-bond acceptors (Lipinski definition) is 3. The van der Waals surface area contributed by atoms with E-state index < -0.39 is 5.97 Å². The third-order valence-corrected chi connectivity index (χ3v) is 2.76. The van der Waals surface area contributed by atoms with Crippen LogP contribution in [0.1, 0.15) is 20.7 Å². The molecule has 0 bridgehead atoms. The molecule has 0 heterocycles. The molecule has 0 spiro atoms. The van der Waals surface area contributed by atoms with Gasteiger partial charge < -0.3 is 4.74 Å². The minimum atomic E-state index is -0.541. The summed E-state index contributed by atoms with van der Waals surface area (Å²) in [6.45, 7) is -0.272. The van der Waals surface area contributed by atoms with Gasteiger partial charge in [0, 0.05) is 10.6 Å². The van der Waals surface area contributed by atoms with Crippen molar-refractivity contribution in [2.24, 2.45) is 0 Å². The van der Waals surface area contributed by atoms with Crippen molar-refractivity contribution in [3.05, 3.63) is 70.7 Å². The van der Waals surface area contributed by atoms with Gasteiger partial charge in [0.25, 0.3) is 0 Å². The molecule has 0 atom stereocenters. The molecule has 2 aromatic carbocycles. The molecule has 0 fully saturated rings. The van der Waals surface area contributed by atoms with Gasteiger partial charge >= 0.3 is 5.97 Å². The number of esters is 1. The number of benzene rings is 2. The SMILES string of the molecule is O=C(COC(=O)c1ccc(Cl)cc1)c1ccccc1. The van der Waals surface area contributed by atoms with Crippen LogP contribution < -0.4 is 0 Å². The molecule has 0 N–H and O–H groups in total. The van der Waals surface area contributed by atoms with Crippen LogP contribution in [0.25, 0.3) is 0 Å². The molecular weight excluding hydrogens is 264 g/mol. The normalized spacial score (nSPS) is 9.95. The first kappa shape index (κ1) is 13.3. The van der Waals surface area contributed by atoms with Crippen molar-refractivity contribution in [1.82, 2.24) is 0 Å². The van der Waals surface area contributed by atoms with E-state index in [0.717, 1.165) is 0 Å². The summed E-state index contributed by atoms with van der Waals surface area (Å²) in [5, 5.41) is 0.539. The van der Waals surface area contributed by atoms with Gasteiger partial charge in [0.15, 0.2) is 12.4 Å². The monoisotopic (exact) mass is 274 g/mol. The van der Waals surface area contributed by atoms with Gasteiger partial charge in [0.2, 0.25) is 0 Å². The molecule has 19 heavy (non-hydrogen) atoms. The largest absolute Gasteiger partial charge is 0.454 e. The van der Waals surface area contributed by atoms with Crippen LogP contribution in [0.2, 0.25) is 5.02 Å². The van der Waals surface area contributed by atoms with Crippen molar-refractivity contribution in [3.63, 3.8) is 0 Å². The standard InChI is InChI=1S/C15H11ClO3/c16-13-8-6-12(7-9-13)15(18)19-10-14(17)11-4-2-1-3-5-11/h1-9H,10H2. The number of rotatable bonds is 4. The zero-order chi connectivity index (χ0) is 13.7. The Kier molecular flexibility index (Phi) is 4.31. The number of ether oxygens (including phenoxy) is 1. The molecule has 2 rings (SSSR count). The van der Waals surface area contributed by atoms with Crippen LogP contribution in [0.4, 0.5) is 0 Å². The Morgan fingerprint density at radius 3 is 2.16 bits per heavy atom. The highest BCUT2D eigenvalue weighted by atomic mass is 35.5. The van der Waals surface area contributed by atoms with E-state index in [1.54, 1.807) is 48.5 Å². The quantitative estimate of drug-likeness (QED) is 0.634. The molecule has 0 amide bonds. The Morgan fingerprint density at radius 1 is 0.895 bits per heavy atom. The van der Waals surface area contributed by atoms with Crippen molar-refractivity contribution in [2.45, 2.75) is 0 Å². The number of hydrogen-bond donors (Lipinski definition) is 0. The molecule has 2 aromatic rings.